The van der Waals surface area contributed by atoms with Crippen molar-refractivity contribution in [1.29, 1.82) is 0 Å². The van der Waals surface area contributed by atoms with Gasteiger partial charge in [0.2, 0.25) is 0 Å². The number of rotatable bonds is 7. The first-order valence-electron chi connectivity index (χ1n) is 8.82. The molecule has 142 valence electrons. The summed E-state index contributed by atoms with van der Waals surface area (Å²) in [7, 11) is 1.39. The number of carbonyl (C=O) groups is 1. The SMILES string of the molecule is COC(Cc1ccc(OCn2c3cccnc3c3ncccc32)cc1)C(=O)O. The summed E-state index contributed by atoms with van der Waals surface area (Å²) in [5.41, 5.74) is 4.47. The summed E-state index contributed by atoms with van der Waals surface area (Å²) < 4.78 is 13.0. The molecule has 0 aliphatic carbocycles. The largest absolute Gasteiger partial charge is 0.479 e. The van der Waals surface area contributed by atoms with Crippen LogP contribution in [0.15, 0.2) is 60.9 Å². The molecule has 0 saturated carbocycles. The molecule has 0 bridgehead atoms. The molecule has 0 aliphatic heterocycles. The van der Waals surface area contributed by atoms with E-state index in [4.69, 9.17) is 14.6 Å². The Hall–Kier alpha value is -3.45. The van der Waals surface area contributed by atoms with Crippen molar-refractivity contribution in [3.8, 4) is 5.75 Å². The molecule has 1 N–H and O–H groups in total. The molecular weight excluding hydrogens is 358 g/mol. The van der Waals surface area contributed by atoms with Gasteiger partial charge in [-0.1, -0.05) is 12.1 Å². The smallest absolute Gasteiger partial charge is 0.333 e. The highest BCUT2D eigenvalue weighted by Gasteiger charge is 2.17. The molecule has 4 rings (SSSR count). The van der Waals surface area contributed by atoms with Crippen LogP contribution in [0.25, 0.3) is 22.1 Å². The van der Waals surface area contributed by atoms with E-state index in [-0.39, 0.29) is 0 Å². The molecule has 0 saturated heterocycles. The average molecular weight is 377 g/mol. The van der Waals surface area contributed by atoms with Crippen molar-refractivity contribution in [2.75, 3.05) is 7.11 Å². The van der Waals surface area contributed by atoms with Gasteiger partial charge in [0.1, 0.15) is 16.8 Å². The van der Waals surface area contributed by atoms with Crippen molar-refractivity contribution in [3.63, 3.8) is 0 Å². The monoisotopic (exact) mass is 377 g/mol. The topological polar surface area (TPSA) is 86.5 Å². The summed E-state index contributed by atoms with van der Waals surface area (Å²) in [4.78, 5) is 20.0. The molecule has 0 spiro atoms. The van der Waals surface area contributed by atoms with Gasteiger partial charge in [-0.15, -0.1) is 0 Å². The first kappa shape index (κ1) is 17.9. The number of ether oxygens (including phenoxy) is 2. The number of nitrogens with zero attached hydrogens (tertiary/aromatic N) is 3. The Morgan fingerprint density at radius 1 is 1.04 bits per heavy atom. The highest BCUT2D eigenvalue weighted by Crippen LogP contribution is 2.25. The van der Waals surface area contributed by atoms with E-state index in [1.165, 1.54) is 7.11 Å². The minimum Gasteiger partial charge on any atom is -0.479 e. The molecule has 0 radical (unpaired) electrons. The van der Waals surface area contributed by atoms with Crippen molar-refractivity contribution in [2.24, 2.45) is 0 Å². The van der Waals surface area contributed by atoms with Crippen LogP contribution in [0.2, 0.25) is 0 Å². The number of hydrogen-bond donors (Lipinski definition) is 1. The molecule has 0 amide bonds. The van der Waals surface area contributed by atoms with Gasteiger partial charge in [-0.3, -0.25) is 9.97 Å². The van der Waals surface area contributed by atoms with E-state index in [9.17, 15) is 4.79 Å². The van der Waals surface area contributed by atoms with Crippen LogP contribution in [0.1, 0.15) is 5.56 Å². The van der Waals surface area contributed by atoms with E-state index in [0.29, 0.717) is 18.9 Å². The summed E-state index contributed by atoms with van der Waals surface area (Å²) in [6.07, 6.45) is 2.95. The molecule has 0 fully saturated rings. The maximum Gasteiger partial charge on any atom is 0.333 e. The van der Waals surface area contributed by atoms with Gasteiger partial charge < -0.3 is 19.1 Å². The van der Waals surface area contributed by atoms with E-state index in [0.717, 1.165) is 27.6 Å². The second kappa shape index (κ2) is 7.66. The minimum atomic E-state index is -0.976. The lowest BCUT2D eigenvalue weighted by atomic mass is 10.1. The average Bonchev–Trinajstić information content (AvgIpc) is 3.05. The van der Waals surface area contributed by atoms with Crippen LogP contribution in [0.5, 0.6) is 5.75 Å². The minimum absolute atomic E-state index is 0.302. The number of fused-ring (bicyclic) bond motifs is 3. The van der Waals surface area contributed by atoms with Crippen LogP contribution in [0.4, 0.5) is 0 Å². The van der Waals surface area contributed by atoms with Gasteiger partial charge in [-0.05, 0) is 42.0 Å². The first-order valence-corrected chi connectivity index (χ1v) is 8.82. The Balaban J connectivity index is 1.54. The number of methoxy groups -OCH3 is 1. The zero-order valence-corrected chi connectivity index (χ0v) is 15.3. The van der Waals surface area contributed by atoms with Crippen LogP contribution in [-0.2, 0) is 22.7 Å². The van der Waals surface area contributed by atoms with Gasteiger partial charge in [-0.2, -0.15) is 0 Å². The summed E-state index contributed by atoms with van der Waals surface area (Å²) in [5.74, 6) is -0.285. The fourth-order valence-corrected chi connectivity index (χ4v) is 3.21. The number of benzene rings is 1. The Bertz CT molecular complexity index is 1070. The van der Waals surface area contributed by atoms with Crippen LogP contribution < -0.4 is 4.74 Å². The normalized spacial score (nSPS) is 12.3. The van der Waals surface area contributed by atoms with Gasteiger partial charge in [0.15, 0.2) is 12.8 Å². The Kier molecular flexibility index (Phi) is 4.90. The van der Waals surface area contributed by atoms with E-state index in [2.05, 4.69) is 9.97 Å². The zero-order chi connectivity index (χ0) is 19.5. The van der Waals surface area contributed by atoms with Crippen molar-refractivity contribution >= 4 is 28.0 Å². The third kappa shape index (κ3) is 3.39. The fourth-order valence-electron chi connectivity index (χ4n) is 3.21. The number of aromatic nitrogens is 3. The highest BCUT2D eigenvalue weighted by atomic mass is 16.5. The summed E-state index contributed by atoms with van der Waals surface area (Å²) in [6.45, 7) is 0.312. The molecule has 1 unspecified atom stereocenters. The molecular formula is C21H19N3O4. The molecule has 28 heavy (non-hydrogen) atoms. The van der Waals surface area contributed by atoms with Crippen molar-refractivity contribution < 1.29 is 19.4 Å². The molecule has 1 aromatic carbocycles. The summed E-state index contributed by atoms with van der Waals surface area (Å²) >= 11 is 0. The van der Waals surface area contributed by atoms with Crippen LogP contribution in [0, 0.1) is 0 Å². The second-order valence-electron chi connectivity index (χ2n) is 6.35. The van der Waals surface area contributed by atoms with Crippen molar-refractivity contribution in [1.82, 2.24) is 14.5 Å². The van der Waals surface area contributed by atoms with E-state index in [1.54, 1.807) is 12.4 Å². The van der Waals surface area contributed by atoms with Crippen LogP contribution in [-0.4, -0.2) is 38.8 Å². The van der Waals surface area contributed by atoms with Crippen LogP contribution >= 0.6 is 0 Å². The van der Waals surface area contributed by atoms with Gasteiger partial charge in [0.05, 0.1) is 11.0 Å². The summed E-state index contributed by atoms with van der Waals surface area (Å²) in [5, 5.41) is 9.09. The fraction of sp³-hybridized carbons (Fsp3) is 0.190. The van der Waals surface area contributed by atoms with Crippen molar-refractivity contribution in [2.45, 2.75) is 19.3 Å². The predicted octanol–water partition coefficient (Wildman–Crippen LogP) is 3.26. The molecule has 3 heterocycles. The van der Waals surface area contributed by atoms with Crippen LogP contribution in [0.3, 0.4) is 0 Å². The molecule has 7 nitrogen and oxygen atoms in total. The van der Waals surface area contributed by atoms with Gasteiger partial charge in [0, 0.05) is 25.9 Å². The van der Waals surface area contributed by atoms with E-state index in [1.807, 2.05) is 53.1 Å². The standard InChI is InChI=1S/C21H19N3O4/c1-27-18(21(25)26)12-14-6-8-15(9-7-14)28-13-24-16-4-2-10-22-19(16)20-17(24)5-3-11-23-20/h2-11,18H,12-13H2,1H3,(H,25,26). The van der Waals surface area contributed by atoms with E-state index >= 15 is 0 Å². The number of carboxylic acid groups (broad SMARTS) is 1. The number of carboxylic acids is 1. The zero-order valence-electron chi connectivity index (χ0n) is 15.3. The molecule has 0 aliphatic rings. The first-order chi connectivity index (χ1) is 13.7. The number of aliphatic carboxylic acids is 1. The maximum atomic E-state index is 11.1. The quantitative estimate of drug-likeness (QED) is 0.532. The maximum absolute atomic E-state index is 11.1. The third-order valence-electron chi connectivity index (χ3n) is 4.64. The Labute approximate surface area is 161 Å². The lowest BCUT2D eigenvalue weighted by Crippen LogP contribution is -2.24. The Morgan fingerprint density at radius 3 is 2.18 bits per heavy atom. The number of pyridine rings is 2. The summed E-state index contributed by atoms with van der Waals surface area (Å²) in [6, 6.07) is 15.1. The third-order valence-corrected chi connectivity index (χ3v) is 4.64. The van der Waals surface area contributed by atoms with Gasteiger partial charge in [-0.25, -0.2) is 4.79 Å². The molecule has 3 aromatic heterocycles. The molecule has 1 atom stereocenters. The molecule has 7 heteroatoms. The lowest BCUT2D eigenvalue weighted by molar-refractivity contribution is -0.148. The second-order valence-corrected chi connectivity index (χ2v) is 6.35. The van der Waals surface area contributed by atoms with Crippen molar-refractivity contribution in [3.05, 3.63) is 66.5 Å². The van der Waals surface area contributed by atoms with Gasteiger partial charge in [0.25, 0.3) is 0 Å². The predicted molar refractivity (Wildman–Crippen MR) is 104 cm³/mol. The molecule has 4 aromatic rings. The lowest BCUT2D eigenvalue weighted by Gasteiger charge is -2.12. The Morgan fingerprint density at radius 2 is 1.64 bits per heavy atom. The van der Waals surface area contributed by atoms with Gasteiger partial charge >= 0.3 is 5.97 Å². The van der Waals surface area contributed by atoms with E-state index < -0.39 is 12.1 Å². The highest BCUT2D eigenvalue weighted by molar-refractivity contribution is 6.02. The number of hydrogen-bond acceptors (Lipinski definition) is 5.